The maximum absolute atomic E-state index is 12.0. The number of carbonyl (C=O) groups is 1. The van der Waals surface area contributed by atoms with E-state index in [2.05, 4.69) is 15.2 Å². The Morgan fingerprint density at radius 2 is 2.41 bits per heavy atom. The van der Waals surface area contributed by atoms with E-state index < -0.39 is 0 Å². The third-order valence-electron chi connectivity index (χ3n) is 2.40. The highest BCUT2D eigenvalue weighted by Gasteiger charge is 2.17. The monoisotopic (exact) mass is 234 g/mol. The molecule has 17 heavy (non-hydrogen) atoms. The molecule has 90 valence electrons. The summed E-state index contributed by atoms with van der Waals surface area (Å²) in [4.78, 5) is 17.6. The van der Waals surface area contributed by atoms with Gasteiger partial charge in [-0.05, 0) is 6.07 Å². The van der Waals surface area contributed by atoms with E-state index in [0.717, 1.165) is 12.0 Å². The lowest BCUT2D eigenvalue weighted by atomic mass is 10.3. The third-order valence-corrected chi connectivity index (χ3v) is 2.40. The Kier molecular flexibility index (Phi) is 3.22. The first-order valence-corrected chi connectivity index (χ1v) is 5.38. The summed E-state index contributed by atoms with van der Waals surface area (Å²) >= 11 is 0. The predicted octanol–water partition coefficient (Wildman–Crippen LogP) is 1.23. The van der Waals surface area contributed by atoms with Crippen LogP contribution in [0.2, 0.25) is 0 Å². The molecule has 0 aliphatic carbocycles. The Bertz CT molecular complexity index is 489. The Morgan fingerprint density at radius 3 is 3.00 bits per heavy atom. The smallest absolute Gasteiger partial charge is 0.293 e. The number of aromatic nitrogens is 3. The van der Waals surface area contributed by atoms with Crippen molar-refractivity contribution in [1.82, 2.24) is 20.1 Å². The highest BCUT2D eigenvalue weighted by atomic mass is 16.3. The first kappa shape index (κ1) is 11.4. The molecular weight excluding hydrogens is 220 g/mol. The summed E-state index contributed by atoms with van der Waals surface area (Å²) in [7, 11) is 1.71. The van der Waals surface area contributed by atoms with E-state index in [0.29, 0.717) is 12.4 Å². The second-order valence-electron chi connectivity index (χ2n) is 3.75. The lowest BCUT2D eigenvalue weighted by molar-refractivity contribution is 0.0773. The van der Waals surface area contributed by atoms with Gasteiger partial charge in [-0.2, -0.15) is 0 Å². The fourth-order valence-corrected chi connectivity index (χ4v) is 1.45. The van der Waals surface area contributed by atoms with Crippen LogP contribution in [-0.4, -0.2) is 33.0 Å². The Labute approximate surface area is 98.6 Å². The molecule has 6 nitrogen and oxygen atoms in total. The highest BCUT2D eigenvalue weighted by molar-refractivity contribution is 5.90. The van der Waals surface area contributed by atoms with E-state index in [9.17, 15) is 4.79 Å². The minimum absolute atomic E-state index is 0.202. The van der Waals surface area contributed by atoms with Gasteiger partial charge < -0.3 is 9.32 Å². The lowest BCUT2D eigenvalue weighted by Crippen LogP contribution is -2.27. The van der Waals surface area contributed by atoms with Crippen molar-refractivity contribution in [2.24, 2.45) is 0 Å². The number of H-pyrrole nitrogens is 1. The van der Waals surface area contributed by atoms with Crippen LogP contribution in [0.3, 0.4) is 0 Å². The molecule has 0 unspecified atom stereocenters. The van der Waals surface area contributed by atoms with E-state index in [1.807, 2.05) is 13.0 Å². The zero-order valence-corrected chi connectivity index (χ0v) is 9.80. The van der Waals surface area contributed by atoms with Gasteiger partial charge in [0.05, 0.1) is 12.5 Å². The number of amides is 1. The molecule has 0 aromatic carbocycles. The number of hydrogen-bond acceptors (Lipinski definition) is 4. The molecule has 1 amide bonds. The standard InChI is InChI=1S/C11H14N4O2/c1-3-9-12-10(14-13-9)11(16)15(2)6-8-4-5-17-7-8/h4-5,7H,3,6H2,1-2H3,(H,12,13,14). The first-order valence-electron chi connectivity index (χ1n) is 5.38. The SMILES string of the molecule is CCc1nc(C(=O)N(C)Cc2ccoc2)n[nH]1. The molecule has 0 fully saturated rings. The summed E-state index contributed by atoms with van der Waals surface area (Å²) < 4.78 is 4.95. The van der Waals surface area contributed by atoms with Crippen LogP contribution in [0.4, 0.5) is 0 Å². The van der Waals surface area contributed by atoms with Crippen molar-refractivity contribution in [3.8, 4) is 0 Å². The highest BCUT2D eigenvalue weighted by Crippen LogP contribution is 2.06. The van der Waals surface area contributed by atoms with Crippen LogP contribution in [0.1, 0.15) is 28.9 Å². The molecule has 2 rings (SSSR count). The Hall–Kier alpha value is -2.11. The third kappa shape index (κ3) is 2.52. The summed E-state index contributed by atoms with van der Waals surface area (Å²) in [6, 6.07) is 1.82. The molecule has 2 heterocycles. The predicted molar refractivity (Wildman–Crippen MR) is 60.3 cm³/mol. The first-order chi connectivity index (χ1) is 8.20. The molecule has 0 aliphatic rings. The summed E-state index contributed by atoms with van der Waals surface area (Å²) in [6.45, 7) is 2.43. The van der Waals surface area contributed by atoms with Gasteiger partial charge in [-0.3, -0.25) is 9.89 Å². The van der Waals surface area contributed by atoms with Gasteiger partial charge in [-0.25, -0.2) is 4.98 Å². The number of hydrogen-bond donors (Lipinski definition) is 1. The lowest BCUT2D eigenvalue weighted by Gasteiger charge is -2.13. The van der Waals surface area contributed by atoms with Gasteiger partial charge in [0.25, 0.3) is 5.91 Å². The minimum atomic E-state index is -0.206. The summed E-state index contributed by atoms with van der Waals surface area (Å²) in [6.07, 6.45) is 3.92. The zero-order valence-electron chi connectivity index (χ0n) is 9.80. The van der Waals surface area contributed by atoms with Crippen molar-refractivity contribution in [3.63, 3.8) is 0 Å². The van der Waals surface area contributed by atoms with Gasteiger partial charge in [0, 0.05) is 25.6 Å². The molecule has 0 saturated carbocycles. The van der Waals surface area contributed by atoms with Crippen molar-refractivity contribution in [3.05, 3.63) is 35.8 Å². The van der Waals surface area contributed by atoms with Gasteiger partial charge in [-0.1, -0.05) is 6.92 Å². The molecule has 6 heteroatoms. The van der Waals surface area contributed by atoms with Gasteiger partial charge in [0.1, 0.15) is 5.82 Å². The van der Waals surface area contributed by atoms with Crippen molar-refractivity contribution in [2.75, 3.05) is 7.05 Å². The molecule has 0 bridgehead atoms. The number of nitrogens with zero attached hydrogens (tertiary/aromatic N) is 3. The van der Waals surface area contributed by atoms with E-state index in [4.69, 9.17) is 4.42 Å². The summed E-state index contributed by atoms with van der Waals surface area (Å²) in [5, 5.41) is 6.61. The van der Waals surface area contributed by atoms with Crippen molar-refractivity contribution >= 4 is 5.91 Å². The summed E-state index contributed by atoms with van der Waals surface area (Å²) in [5.41, 5.74) is 0.937. The number of furan rings is 1. The quantitative estimate of drug-likeness (QED) is 0.863. The topological polar surface area (TPSA) is 75.0 Å². The average molecular weight is 234 g/mol. The largest absolute Gasteiger partial charge is 0.472 e. The zero-order chi connectivity index (χ0) is 12.3. The molecule has 1 N–H and O–H groups in total. The van der Waals surface area contributed by atoms with E-state index >= 15 is 0 Å². The normalized spacial score (nSPS) is 10.5. The van der Waals surface area contributed by atoms with Crippen LogP contribution in [0.15, 0.2) is 23.0 Å². The minimum Gasteiger partial charge on any atom is -0.472 e. The molecule has 0 radical (unpaired) electrons. The van der Waals surface area contributed by atoms with Gasteiger partial charge in [0.2, 0.25) is 5.82 Å². The van der Waals surface area contributed by atoms with Crippen LogP contribution in [0, 0.1) is 0 Å². The molecule has 0 aliphatic heterocycles. The second kappa shape index (κ2) is 4.82. The molecule has 2 aromatic rings. The maximum Gasteiger partial charge on any atom is 0.293 e. The van der Waals surface area contributed by atoms with Crippen molar-refractivity contribution in [2.45, 2.75) is 19.9 Å². The van der Waals surface area contributed by atoms with Crippen LogP contribution < -0.4 is 0 Å². The number of carbonyl (C=O) groups excluding carboxylic acids is 1. The molecule has 0 spiro atoms. The van der Waals surface area contributed by atoms with Gasteiger partial charge in [0.15, 0.2) is 0 Å². The van der Waals surface area contributed by atoms with Gasteiger partial charge >= 0.3 is 0 Å². The molecular formula is C11H14N4O2. The molecule has 0 saturated heterocycles. The average Bonchev–Trinajstić information content (AvgIpc) is 2.98. The van der Waals surface area contributed by atoms with Crippen LogP contribution >= 0.6 is 0 Å². The fraction of sp³-hybridized carbons (Fsp3) is 0.364. The van der Waals surface area contributed by atoms with E-state index in [1.54, 1.807) is 24.5 Å². The fourth-order valence-electron chi connectivity index (χ4n) is 1.45. The Balaban J connectivity index is 2.04. The molecule has 0 atom stereocenters. The maximum atomic E-state index is 12.0. The number of rotatable bonds is 4. The van der Waals surface area contributed by atoms with Gasteiger partial charge in [-0.15, -0.1) is 5.10 Å². The van der Waals surface area contributed by atoms with Crippen LogP contribution in [0.25, 0.3) is 0 Å². The van der Waals surface area contributed by atoms with E-state index in [1.165, 1.54) is 0 Å². The molecule has 2 aromatic heterocycles. The number of aryl methyl sites for hydroxylation is 1. The van der Waals surface area contributed by atoms with Crippen LogP contribution in [0.5, 0.6) is 0 Å². The van der Waals surface area contributed by atoms with Crippen molar-refractivity contribution < 1.29 is 9.21 Å². The van der Waals surface area contributed by atoms with Crippen LogP contribution in [-0.2, 0) is 13.0 Å². The van der Waals surface area contributed by atoms with E-state index in [-0.39, 0.29) is 11.7 Å². The summed E-state index contributed by atoms with van der Waals surface area (Å²) in [5.74, 6) is 0.708. The van der Waals surface area contributed by atoms with Crippen molar-refractivity contribution in [1.29, 1.82) is 0 Å². The number of nitrogens with one attached hydrogen (secondary N) is 1. The number of aromatic amines is 1. The Morgan fingerprint density at radius 1 is 1.59 bits per heavy atom. The second-order valence-corrected chi connectivity index (χ2v) is 3.75.